The van der Waals surface area contributed by atoms with Gasteiger partial charge in [0.25, 0.3) is 5.91 Å². The maximum absolute atomic E-state index is 14.2. The minimum absolute atomic E-state index is 0.0879. The van der Waals surface area contributed by atoms with Crippen molar-refractivity contribution in [2.24, 2.45) is 0 Å². The molecule has 0 aliphatic carbocycles. The molecule has 7 nitrogen and oxygen atoms in total. The summed E-state index contributed by atoms with van der Waals surface area (Å²) >= 11 is 6.05. The Morgan fingerprint density at radius 3 is 2.63 bits per heavy atom. The molecule has 0 radical (unpaired) electrons. The van der Waals surface area contributed by atoms with Gasteiger partial charge in [0.1, 0.15) is 11.6 Å². The fourth-order valence-electron chi connectivity index (χ4n) is 3.54. The Labute approximate surface area is 202 Å². The number of benzene rings is 2. The average molecular weight is 511 g/mol. The van der Waals surface area contributed by atoms with E-state index in [1.54, 1.807) is 4.90 Å². The lowest BCUT2D eigenvalue weighted by Gasteiger charge is -2.28. The van der Waals surface area contributed by atoms with Gasteiger partial charge in [-0.05, 0) is 35.4 Å². The van der Waals surface area contributed by atoms with Crippen LogP contribution in [0, 0.1) is 5.82 Å². The largest absolute Gasteiger partial charge is 0.506 e. The van der Waals surface area contributed by atoms with E-state index in [-0.39, 0.29) is 39.9 Å². The Bertz CT molecular complexity index is 1250. The first kappa shape index (κ1) is 24.7. The molecule has 0 spiro atoms. The fraction of sp³-hybridized carbons (Fsp3) is 0.261. The molecular weight excluding hydrogens is 492 g/mol. The number of alkyl halides is 3. The van der Waals surface area contributed by atoms with Crippen LogP contribution in [0.25, 0.3) is 11.1 Å². The van der Waals surface area contributed by atoms with Crippen LogP contribution < -0.4 is 10.2 Å². The number of aromatic hydroxyl groups is 1. The smallest absolute Gasteiger partial charge is 0.416 e. The van der Waals surface area contributed by atoms with Gasteiger partial charge in [-0.2, -0.15) is 13.2 Å². The van der Waals surface area contributed by atoms with Crippen molar-refractivity contribution < 1.29 is 32.2 Å². The van der Waals surface area contributed by atoms with Crippen LogP contribution in [0.15, 0.2) is 42.6 Å². The number of anilines is 1. The Hall–Kier alpha value is -3.44. The van der Waals surface area contributed by atoms with E-state index in [4.69, 9.17) is 16.3 Å². The summed E-state index contributed by atoms with van der Waals surface area (Å²) in [6.45, 7) is 1.57. The highest BCUT2D eigenvalue weighted by molar-refractivity contribution is 6.33. The van der Waals surface area contributed by atoms with Gasteiger partial charge in [0.05, 0.1) is 42.1 Å². The van der Waals surface area contributed by atoms with Gasteiger partial charge < -0.3 is 20.1 Å². The highest BCUT2D eigenvalue weighted by atomic mass is 35.5. The molecule has 1 fully saturated rings. The second-order valence-corrected chi connectivity index (χ2v) is 8.08. The van der Waals surface area contributed by atoms with Crippen LogP contribution in [0.1, 0.15) is 21.7 Å². The van der Waals surface area contributed by atoms with E-state index in [0.717, 1.165) is 18.3 Å². The van der Waals surface area contributed by atoms with Gasteiger partial charge in [0.2, 0.25) is 0 Å². The normalized spacial score (nSPS) is 14.1. The quantitative estimate of drug-likeness (QED) is 0.494. The zero-order valence-electron chi connectivity index (χ0n) is 18.1. The summed E-state index contributed by atoms with van der Waals surface area (Å²) in [5.41, 5.74) is -0.750. The van der Waals surface area contributed by atoms with Gasteiger partial charge >= 0.3 is 6.18 Å². The molecule has 12 heteroatoms. The number of phenols is 1. The summed E-state index contributed by atoms with van der Waals surface area (Å²) in [6, 6.07) is 7.00. The highest BCUT2D eigenvalue weighted by Gasteiger charge is 2.30. The van der Waals surface area contributed by atoms with Crippen LogP contribution in [0.2, 0.25) is 5.02 Å². The number of hydrogen-bond donors (Lipinski definition) is 2. The number of hydrogen-bond acceptors (Lipinski definition) is 6. The topological polar surface area (TPSA) is 87.6 Å². The zero-order chi connectivity index (χ0) is 25.2. The number of aromatic nitrogens is 2. The van der Waals surface area contributed by atoms with Crippen molar-refractivity contribution in [3.05, 3.63) is 70.4 Å². The lowest BCUT2D eigenvalue weighted by Crippen LogP contribution is -2.37. The van der Waals surface area contributed by atoms with Gasteiger partial charge in [-0.25, -0.2) is 14.4 Å². The molecule has 0 bridgehead atoms. The second-order valence-electron chi connectivity index (χ2n) is 7.67. The predicted molar refractivity (Wildman–Crippen MR) is 120 cm³/mol. The molecule has 1 aliphatic heterocycles. The van der Waals surface area contributed by atoms with Crippen LogP contribution in [0.4, 0.5) is 23.4 Å². The van der Waals surface area contributed by atoms with Crippen molar-refractivity contribution >= 4 is 23.3 Å². The van der Waals surface area contributed by atoms with Gasteiger partial charge in [0, 0.05) is 13.1 Å². The summed E-state index contributed by atoms with van der Waals surface area (Å²) in [5, 5.41) is 12.6. The number of nitrogens with zero attached hydrogens (tertiary/aromatic N) is 3. The monoisotopic (exact) mass is 510 g/mol. The molecule has 0 atom stereocenters. The average Bonchev–Trinajstić information content (AvgIpc) is 2.85. The Kier molecular flexibility index (Phi) is 7.08. The molecule has 1 aliphatic rings. The van der Waals surface area contributed by atoms with Crippen LogP contribution in [-0.4, -0.2) is 47.3 Å². The number of amides is 1. The van der Waals surface area contributed by atoms with E-state index in [2.05, 4.69) is 15.3 Å². The van der Waals surface area contributed by atoms with E-state index in [0.29, 0.717) is 26.3 Å². The SMILES string of the molecule is O=C(NCc1ncc(F)c(N2CCOCC2)n1)c1cc(-c2cccc(C(F)(F)F)c2)cc(Cl)c1O. The van der Waals surface area contributed by atoms with Gasteiger partial charge in [-0.3, -0.25) is 4.79 Å². The number of ether oxygens (including phenoxy) is 1. The van der Waals surface area contributed by atoms with Crippen molar-refractivity contribution in [1.29, 1.82) is 0 Å². The van der Waals surface area contributed by atoms with Gasteiger partial charge in [-0.15, -0.1) is 0 Å². The minimum atomic E-state index is -4.55. The van der Waals surface area contributed by atoms with Crippen molar-refractivity contribution in [2.45, 2.75) is 12.7 Å². The van der Waals surface area contributed by atoms with Crippen LogP contribution in [-0.2, 0) is 17.5 Å². The fourth-order valence-corrected chi connectivity index (χ4v) is 3.76. The van der Waals surface area contributed by atoms with Crippen LogP contribution in [0.5, 0.6) is 5.75 Å². The van der Waals surface area contributed by atoms with E-state index in [1.165, 1.54) is 24.3 Å². The third kappa shape index (κ3) is 5.63. The van der Waals surface area contributed by atoms with E-state index in [9.17, 15) is 27.5 Å². The third-order valence-corrected chi connectivity index (χ3v) is 5.61. The van der Waals surface area contributed by atoms with Crippen molar-refractivity contribution in [3.63, 3.8) is 0 Å². The molecule has 0 unspecified atom stereocenters. The van der Waals surface area contributed by atoms with Gasteiger partial charge in [-0.1, -0.05) is 23.7 Å². The molecule has 1 aromatic heterocycles. The third-order valence-electron chi connectivity index (χ3n) is 5.32. The molecule has 2 aromatic carbocycles. The number of carbonyl (C=O) groups excluding carboxylic acids is 1. The van der Waals surface area contributed by atoms with Gasteiger partial charge in [0.15, 0.2) is 11.6 Å². The molecule has 2 heterocycles. The number of carbonyl (C=O) groups is 1. The first-order valence-electron chi connectivity index (χ1n) is 10.5. The molecule has 1 saturated heterocycles. The molecule has 3 aromatic rings. The minimum Gasteiger partial charge on any atom is -0.506 e. The molecule has 1 amide bonds. The summed E-state index contributed by atoms with van der Waals surface area (Å²) in [5.74, 6) is -1.70. The Balaban J connectivity index is 1.55. The van der Waals surface area contributed by atoms with Crippen LogP contribution >= 0.6 is 11.6 Å². The van der Waals surface area contributed by atoms with E-state index >= 15 is 0 Å². The molecule has 4 rings (SSSR count). The standard InChI is InChI=1S/C23H19ClF4N4O3/c24-17-10-14(13-2-1-3-15(8-13)23(26,27)28)9-16(20(17)33)22(34)30-12-19-29-11-18(25)21(31-19)32-4-6-35-7-5-32/h1-3,8-11,33H,4-7,12H2,(H,30,34). The van der Waals surface area contributed by atoms with E-state index < -0.39 is 29.2 Å². The molecule has 0 saturated carbocycles. The molecular formula is C23H19ClF4N4O3. The van der Waals surface area contributed by atoms with E-state index in [1.807, 2.05) is 0 Å². The van der Waals surface area contributed by atoms with Crippen LogP contribution in [0.3, 0.4) is 0 Å². The zero-order valence-corrected chi connectivity index (χ0v) is 18.8. The maximum atomic E-state index is 14.2. The number of phenolic OH excluding ortho intramolecular Hbond substituents is 1. The molecule has 35 heavy (non-hydrogen) atoms. The first-order valence-corrected chi connectivity index (χ1v) is 10.8. The lowest BCUT2D eigenvalue weighted by atomic mass is 10.00. The first-order chi connectivity index (χ1) is 16.6. The Morgan fingerprint density at radius 2 is 1.91 bits per heavy atom. The summed E-state index contributed by atoms with van der Waals surface area (Å²) in [6.07, 6.45) is -3.55. The molecule has 184 valence electrons. The second kappa shape index (κ2) is 10.0. The highest BCUT2D eigenvalue weighted by Crippen LogP contribution is 2.36. The summed E-state index contributed by atoms with van der Waals surface area (Å²) < 4.78 is 58.7. The number of morpholine rings is 1. The van der Waals surface area contributed by atoms with Crippen molar-refractivity contribution in [3.8, 4) is 16.9 Å². The summed E-state index contributed by atoms with van der Waals surface area (Å²) in [4.78, 5) is 22.5. The number of nitrogens with one attached hydrogen (secondary N) is 1. The Morgan fingerprint density at radius 1 is 1.17 bits per heavy atom. The maximum Gasteiger partial charge on any atom is 0.416 e. The predicted octanol–water partition coefficient (Wildman–Crippen LogP) is 4.43. The summed E-state index contributed by atoms with van der Waals surface area (Å²) in [7, 11) is 0. The number of rotatable bonds is 5. The van der Waals surface area contributed by atoms with Crippen molar-refractivity contribution in [1.82, 2.24) is 15.3 Å². The van der Waals surface area contributed by atoms with Crippen molar-refractivity contribution in [2.75, 3.05) is 31.2 Å². The number of halogens is 5. The molecule has 2 N–H and O–H groups in total. The lowest BCUT2D eigenvalue weighted by molar-refractivity contribution is -0.137.